The first-order valence-electron chi connectivity index (χ1n) is 5.75. The molecular formula is C13H12N4O2. The summed E-state index contributed by atoms with van der Waals surface area (Å²) in [7, 11) is 0. The Morgan fingerprint density at radius 2 is 2.21 bits per heavy atom. The number of carbonyl (C=O) groups excluding carboxylic acids is 1. The lowest BCUT2D eigenvalue weighted by Gasteiger charge is -2.20. The van der Waals surface area contributed by atoms with Crippen molar-refractivity contribution in [3.63, 3.8) is 0 Å². The Balaban J connectivity index is 2.13. The number of hydrogen-bond acceptors (Lipinski definition) is 5. The lowest BCUT2D eigenvalue weighted by atomic mass is 10.2. The summed E-state index contributed by atoms with van der Waals surface area (Å²) < 4.78 is 5.22. The first-order chi connectivity index (χ1) is 9.31. The van der Waals surface area contributed by atoms with Crippen LogP contribution in [0.15, 0.2) is 41.5 Å². The van der Waals surface area contributed by atoms with E-state index in [-0.39, 0.29) is 12.3 Å². The topological polar surface area (TPSA) is 83.0 Å². The number of furan rings is 1. The van der Waals surface area contributed by atoms with Gasteiger partial charge in [-0.15, -0.1) is 0 Å². The number of rotatable bonds is 5. The number of amides is 1. The normalized spacial score (nSPS) is 9.84. The van der Waals surface area contributed by atoms with Crippen LogP contribution >= 0.6 is 0 Å². The van der Waals surface area contributed by atoms with Crippen LogP contribution in [0.4, 0.5) is 0 Å². The lowest BCUT2D eigenvalue weighted by Crippen LogP contribution is -2.31. The second-order valence-electron chi connectivity index (χ2n) is 3.84. The third kappa shape index (κ3) is 3.39. The van der Waals surface area contributed by atoms with Crippen molar-refractivity contribution < 1.29 is 9.21 Å². The van der Waals surface area contributed by atoms with E-state index in [1.165, 1.54) is 18.7 Å². The molecule has 0 atom stereocenters. The van der Waals surface area contributed by atoms with Gasteiger partial charge < -0.3 is 9.32 Å². The van der Waals surface area contributed by atoms with Gasteiger partial charge in [-0.05, 0) is 12.1 Å². The first-order valence-corrected chi connectivity index (χ1v) is 5.75. The summed E-state index contributed by atoms with van der Waals surface area (Å²) >= 11 is 0. The lowest BCUT2D eigenvalue weighted by molar-refractivity contribution is 0.0734. The predicted octanol–water partition coefficient (Wildman–Crippen LogP) is 1.63. The summed E-state index contributed by atoms with van der Waals surface area (Å²) in [5.74, 6) is 0.454. The summed E-state index contributed by atoms with van der Waals surface area (Å²) in [4.78, 5) is 21.5. The monoisotopic (exact) mass is 256 g/mol. The van der Waals surface area contributed by atoms with Crippen LogP contribution < -0.4 is 0 Å². The number of hydrogen-bond donors (Lipinski definition) is 0. The molecular weight excluding hydrogens is 244 g/mol. The van der Waals surface area contributed by atoms with E-state index < -0.39 is 0 Å². The Bertz CT molecular complexity index is 560. The molecule has 0 saturated heterocycles. The Morgan fingerprint density at radius 1 is 1.42 bits per heavy atom. The van der Waals surface area contributed by atoms with Gasteiger partial charge in [0.2, 0.25) is 0 Å². The fourth-order valence-corrected chi connectivity index (χ4v) is 1.62. The predicted molar refractivity (Wildman–Crippen MR) is 65.7 cm³/mol. The standard InChI is InChI=1S/C13H12N4O2/c14-4-2-5-17(9-12-3-1-6-19-12)13(18)11-7-15-10-16-8-11/h1,3,6-8,10H,2,5,9H2. The van der Waals surface area contributed by atoms with Crippen molar-refractivity contribution in [2.45, 2.75) is 13.0 Å². The van der Waals surface area contributed by atoms with Crippen LogP contribution in [0.2, 0.25) is 0 Å². The van der Waals surface area contributed by atoms with Crippen LogP contribution in [-0.2, 0) is 6.54 Å². The zero-order chi connectivity index (χ0) is 13.5. The van der Waals surface area contributed by atoms with E-state index in [2.05, 4.69) is 9.97 Å². The Morgan fingerprint density at radius 3 is 2.84 bits per heavy atom. The molecule has 19 heavy (non-hydrogen) atoms. The molecule has 0 spiro atoms. The smallest absolute Gasteiger partial charge is 0.257 e. The van der Waals surface area contributed by atoms with Crippen LogP contribution in [0.25, 0.3) is 0 Å². The van der Waals surface area contributed by atoms with Crippen molar-refractivity contribution in [2.24, 2.45) is 0 Å². The van der Waals surface area contributed by atoms with Gasteiger partial charge in [0.1, 0.15) is 12.1 Å². The maximum Gasteiger partial charge on any atom is 0.257 e. The van der Waals surface area contributed by atoms with Crippen LogP contribution in [0.5, 0.6) is 0 Å². The van der Waals surface area contributed by atoms with Gasteiger partial charge in [-0.2, -0.15) is 5.26 Å². The molecule has 2 aromatic heterocycles. The van der Waals surface area contributed by atoms with Gasteiger partial charge in [0.05, 0.1) is 30.9 Å². The minimum Gasteiger partial charge on any atom is -0.467 e. The molecule has 0 aliphatic carbocycles. The van der Waals surface area contributed by atoms with E-state index in [1.807, 2.05) is 6.07 Å². The van der Waals surface area contributed by atoms with Crippen molar-refractivity contribution in [1.29, 1.82) is 5.26 Å². The minimum atomic E-state index is -0.216. The van der Waals surface area contributed by atoms with Crippen LogP contribution in [0, 0.1) is 11.3 Å². The highest BCUT2D eigenvalue weighted by Gasteiger charge is 2.17. The third-order valence-corrected chi connectivity index (χ3v) is 2.52. The fourth-order valence-electron chi connectivity index (χ4n) is 1.62. The summed E-state index contributed by atoms with van der Waals surface area (Å²) in [5.41, 5.74) is 0.395. The van der Waals surface area contributed by atoms with Crippen molar-refractivity contribution in [2.75, 3.05) is 6.54 Å². The van der Waals surface area contributed by atoms with Gasteiger partial charge in [-0.1, -0.05) is 0 Å². The highest BCUT2D eigenvalue weighted by Crippen LogP contribution is 2.10. The fraction of sp³-hybridized carbons (Fsp3) is 0.231. The van der Waals surface area contributed by atoms with Crippen LogP contribution in [0.1, 0.15) is 22.5 Å². The average molecular weight is 256 g/mol. The maximum atomic E-state index is 12.3. The Hall–Kier alpha value is -2.68. The zero-order valence-electron chi connectivity index (χ0n) is 10.2. The summed E-state index contributed by atoms with van der Waals surface area (Å²) in [6.07, 6.45) is 6.09. The number of nitrogens with zero attached hydrogens (tertiary/aromatic N) is 4. The van der Waals surface area contributed by atoms with E-state index in [4.69, 9.17) is 9.68 Å². The van der Waals surface area contributed by atoms with Gasteiger partial charge in [0.15, 0.2) is 0 Å². The van der Waals surface area contributed by atoms with E-state index in [0.29, 0.717) is 24.4 Å². The molecule has 0 N–H and O–H groups in total. The quantitative estimate of drug-likeness (QED) is 0.811. The molecule has 0 aromatic carbocycles. The molecule has 96 valence electrons. The molecule has 2 heterocycles. The molecule has 1 amide bonds. The third-order valence-electron chi connectivity index (χ3n) is 2.52. The van der Waals surface area contributed by atoms with Crippen LogP contribution in [-0.4, -0.2) is 27.3 Å². The molecule has 0 radical (unpaired) electrons. The van der Waals surface area contributed by atoms with Crippen molar-refractivity contribution in [3.8, 4) is 6.07 Å². The van der Waals surface area contributed by atoms with Crippen molar-refractivity contribution in [3.05, 3.63) is 48.4 Å². The zero-order valence-corrected chi connectivity index (χ0v) is 10.2. The van der Waals surface area contributed by atoms with E-state index in [9.17, 15) is 4.79 Å². The second kappa shape index (κ2) is 6.31. The van der Waals surface area contributed by atoms with Crippen molar-refractivity contribution >= 4 is 5.91 Å². The van der Waals surface area contributed by atoms with E-state index in [1.54, 1.807) is 23.3 Å². The molecule has 0 aliphatic rings. The Kier molecular flexibility index (Phi) is 4.24. The van der Waals surface area contributed by atoms with E-state index >= 15 is 0 Å². The molecule has 6 nitrogen and oxygen atoms in total. The molecule has 0 bridgehead atoms. The summed E-state index contributed by atoms with van der Waals surface area (Å²) in [6, 6.07) is 5.57. The van der Waals surface area contributed by atoms with Gasteiger partial charge in [-0.25, -0.2) is 9.97 Å². The highest BCUT2D eigenvalue weighted by atomic mass is 16.3. The molecule has 6 heteroatoms. The molecule has 0 aliphatic heterocycles. The summed E-state index contributed by atoms with van der Waals surface area (Å²) in [5, 5.41) is 8.66. The molecule has 0 unspecified atom stereocenters. The van der Waals surface area contributed by atoms with Crippen molar-refractivity contribution in [1.82, 2.24) is 14.9 Å². The molecule has 2 rings (SSSR count). The van der Waals surface area contributed by atoms with E-state index in [0.717, 1.165) is 0 Å². The minimum absolute atomic E-state index is 0.216. The average Bonchev–Trinajstić information content (AvgIpc) is 2.96. The molecule has 2 aromatic rings. The Labute approximate surface area is 110 Å². The largest absolute Gasteiger partial charge is 0.467 e. The number of nitriles is 1. The first kappa shape index (κ1) is 12.8. The maximum absolute atomic E-state index is 12.3. The van der Waals surface area contributed by atoms with Gasteiger partial charge in [0, 0.05) is 18.9 Å². The highest BCUT2D eigenvalue weighted by molar-refractivity contribution is 5.93. The number of carbonyl (C=O) groups is 1. The van der Waals surface area contributed by atoms with Gasteiger partial charge in [0.25, 0.3) is 5.91 Å². The molecule has 0 fully saturated rings. The SMILES string of the molecule is N#CCCN(Cc1ccco1)C(=O)c1cncnc1. The summed E-state index contributed by atoms with van der Waals surface area (Å²) in [6.45, 7) is 0.660. The second-order valence-corrected chi connectivity index (χ2v) is 3.84. The van der Waals surface area contributed by atoms with Gasteiger partial charge >= 0.3 is 0 Å². The number of aromatic nitrogens is 2. The van der Waals surface area contributed by atoms with Gasteiger partial charge in [-0.3, -0.25) is 4.79 Å². The molecule has 0 saturated carbocycles. The van der Waals surface area contributed by atoms with Crippen LogP contribution in [0.3, 0.4) is 0 Å².